The summed E-state index contributed by atoms with van der Waals surface area (Å²) in [7, 11) is 0. The number of hydrogen-bond acceptors (Lipinski definition) is 4. The maximum Gasteiger partial charge on any atom is 0.338 e. The van der Waals surface area contributed by atoms with Gasteiger partial charge in [0.15, 0.2) is 0 Å². The van der Waals surface area contributed by atoms with Gasteiger partial charge < -0.3 is 14.2 Å². The van der Waals surface area contributed by atoms with E-state index in [0.29, 0.717) is 23.6 Å². The molecule has 4 nitrogen and oxygen atoms in total. The fraction of sp³-hybridized carbons (Fsp3) is 0.350. The zero-order valence-electron chi connectivity index (χ0n) is 14.3. The molecular formula is C20H20BrClO4. The molecule has 1 saturated heterocycles. The van der Waals surface area contributed by atoms with Gasteiger partial charge in [0.25, 0.3) is 0 Å². The molecule has 0 aromatic heterocycles. The van der Waals surface area contributed by atoms with E-state index in [4.69, 9.17) is 25.8 Å². The lowest BCUT2D eigenvalue weighted by Gasteiger charge is -2.37. The summed E-state index contributed by atoms with van der Waals surface area (Å²) < 4.78 is 17.5. The summed E-state index contributed by atoms with van der Waals surface area (Å²) in [4.78, 5) is 12.3. The minimum absolute atomic E-state index is 0.220. The molecule has 0 amide bonds. The molecule has 3 rings (SSSR count). The second-order valence-corrected chi connectivity index (χ2v) is 7.55. The predicted molar refractivity (Wildman–Crippen MR) is 104 cm³/mol. The first kappa shape index (κ1) is 19.4. The van der Waals surface area contributed by atoms with E-state index >= 15 is 0 Å². The van der Waals surface area contributed by atoms with Crippen LogP contribution in [0, 0.1) is 0 Å². The van der Waals surface area contributed by atoms with Gasteiger partial charge in [-0.1, -0.05) is 57.9 Å². The Hall–Kier alpha value is -1.40. The lowest BCUT2D eigenvalue weighted by atomic mass is 10.0. The molecule has 1 aliphatic heterocycles. The van der Waals surface area contributed by atoms with E-state index in [-0.39, 0.29) is 29.3 Å². The van der Waals surface area contributed by atoms with E-state index in [9.17, 15) is 4.79 Å². The first-order chi connectivity index (χ1) is 12.5. The van der Waals surface area contributed by atoms with Crippen LogP contribution in [-0.2, 0) is 20.8 Å². The molecule has 26 heavy (non-hydrogen) atoms. The molecule has 2 aromatic carbocycles. The second kappa shape index (κ2) is 9.00. The molecule has 0 saturated carbocycles. The van der Waals surface area contributed by atoms with Crippen LogP contribution in [0.4, 0.5) is 0 Å². The highest BCUT2D eigenvalue weighted by Crippen LogP contribution is 2.29. The summed E-state index contributed by atoms with van der Waals surface area (Å²) in [5.41, 5.74) is 1.55. The van der Waals surface area contributed by atoms with Crippen molar-refractivity contribution in [2.75, 3.05) is 0 Å². The van der Waals surface area contributed by atoms with Gasteiger partial charge in [0, 0.05) is 11.4 Å². The molecule has 0 spiro atoms. The van der Waals surface area contributed by atoms with Crippen molar-refractivity contribution in [2.45, 2.75) is 43.3 Å². The van der Waals surface area contributed by atoms with Gasteiger partial charge in [0.1, 0.15) is 11.1 Å². The van der Waals surface area contributed by atoms with Crippen molar-refractivity contribution in [3.8, 4) is 0 Å². The Balaban J connectivity index is 1.59. The molecule has 4 atom stereocenters. The molecular weight excluding hydrogens is 420 g/mol. The second-order valence-electron chi connectivity index (χ2n) is 6.21. The number of rotatable bonds is 5. The predicted octanol–water partition coefficient (Wildman–Crippen LogP) is 4.98. The lowest BCUT2D eigenvalue weighted by molar-refractivity contribution is -0.151. The topological polar surface area (TPSA) is 44.8 Å². The van der Waals surface area contributed by atoms with Crippen LogP contribution in [0.15, 0.2) is 54.6 Å². The SMILES string of the molecule is C[C@@H]1O[C@@H](Br)[C@@H](OCc2ccc(Cl)cc2)C[C@@H]1OC(=O)c1ccccc1. The first-order valence-corrected chi connectivity index (χ1v) is 9.74. The standard InChI is InChI=1S/C20H20BrClO4/c1-13-17(26-20(23)15-5-3-2-4-6-15)11-18(19(21)25-13)24-12-14-7-9-16(22)10-8-14/h2-10,13,17-19H,11-12H2,1H3/t13-,17-,18-,19+/m0/s1. The van der Waals surface area contributed by atoms with Crippen LogP contribution in [0.1, 0.15) is 29.3 Å². The largest absolute Gasteiger partial charge is 0.456 e. The van der Waals surface area contributed by atoms with Crippen molar-refractivity contribution in [2.24, 2.45) is 0 Å². The maximum atomic E-state index is 12.3. The van der Waals surface area contributed by atoms with Gasteiger partial charge in [-0.25, -0.2) is 4.79 Å². The Morgan fingerprint density at radius 1 is 1.15 bits per heavy atom. The monoisotopic (exact) mass is 438 g/mol. The molecule has 1 fully saturated rings. The number of esters is 1. The average molecular weight is 440 g/mol. The number of hydrogen-bond donors (Lipinski definition) is 0. The van der Waals surface area contributed by atoms with Crippen LogP contribution in [0.2, 0.25) is 5.02 Å². The highest BCUT2D eigenvalue weighted by atomic mass is 79.9. The normalized spacial score (nSPS) is 25.7. The third-order valence-electron chi connectivity index (χ3n) is 4.27. The van der Waals surface area contributed by atoms with Crippen LogP contribution in [0.3, 0.4) is 0 Å². The van der Waals surface area contributed by atoms with E-state index in [1.165, 1.54) is 0 Å². The van der Waals surface area contributed by atoms with Gasteiger partial charge in [0.05, 0.1) is 24.4 Å². The number of carbonyl (C=O) groups is 1. The smallest absolute Gasteiger partial charge is 0.338 e. The quantitative estimate of drug-likeness (QED) is 0.487. The molecule has 1 aliphatic rings. The molecule has 2 aromatic rings. The van der Waals surface area contributed by atoms with Gasteiger partial charge in [-0.2, -0.15) is 0 Å². The van der Waals surface area contributed by atoms with Gasteiger partial charge >= 0.3 is 5.97 Å². The van der Waals surface area contributed by atoms with Crippen LogP contribution in [0.25, 0.3) is 0 Å². The third-order valence-corrected chi connectivity index (χ3v) is 5.33. The van der Waals surface area contributed by atoms with E-state index in [0.717, 1.165) is 5.56 Å². The molecule has 138 valence electrons. The van der Waals surface area contributed by atoms with E-state index < -0.39 is 0 Å². The summed E-state index contributed by atoms with van der Waals surface area (Å²) in [6.07, 6.45) is -0.256. The number of halogens is 2. The van der Waals surface area contributed by atoms with Gasteiger partial charge in [-0.15, -0.1) is 0 Å². The summed E-state index contributed by atoms with van der Waals surface area (Å²) >= 11 is 9.41. The number of ether oxygens (including phenoxy) is 3. The lowest BCUT2D eigenvalue weighted by Crippen LogP contribution is -2.46. The Labute approximate surface area is 166 Å². The van der Waals surface area contributed by atoms with Gasteiger partial charge in [0.2, 0.25) is 0 Å². The number of carbonyl (C=O) groups excluding carboxylic acids is 1. The Kier molecular flexibility index (Phi) is 6.70. The summed E-state index contributed by atoms with van der Waals surface area (Å²) in [6.45, 7) is 2.33. The van der Waals surface area contributed by atoms with Crippen molar-refractivity contribution < 1.29 is 19.0 Å². The molecule has 0 bridgehead atoms. The van der Waals surface area contributed by atoms with E-state index in [1.54, 1.807) is 12.1 Å². The average Bonchev–Trinajstić information content (AvgIpc) is 2.65. The highest BCUT2D eigenvalue weighted by molar-refractivity contribution is 9.09. The maximum absolute atomic E-state index is 12.3. The molecule has 0 N–H and O–H groups in total. The fourth-order valence-electron chi connectivity index (χ4n) is 2.76. The van der Waals surface area contributed by atoms with E-state index in [1.807, 2.05) is 49.4 Å². The van der Waals surface area contributed by atoms with Crippen LogP contribution >= 0.6 is 27.5 Å². The van der Waals surface area contributed by atoms with Crippen LogP contribution in [0.5, 0.6) is 0 Å². The molecule has 6 heteroatoms. The molecule has 0 aliphatic carbocycles. The van der Waals surface area contributed by atoms with Crippen LogP contribution in [-0.4, -0.2) is 29.3 Å². The Bertz CT molecular complexity index is 722. The zero-order chi connectivity index (χ0) is 18.5. The molecule has 0 unspecified atom stereocenters. The highest BCUT2D eigenvalue weighted by Gasteiger charge is 2.37. The molecule has 0 radical (unpaired) electrons. The summed E-state index contributed by atoms with van der Waals surface area (Å²) in [6, 6.07) is 16.4. The summed E-state index contributed by atoms with van der Waals surface area (Å²) in [5, 5.41) is 0.436. The van der Waals surface area contributed by atoms with Crippen LogP contribution < -0.4 is 0 Å². The van der Waals surface area contributed by atoms with Crippen molar-refractivity contribution >= 4 is 33.5 Å². The Morgan fingerprint density at radius 2 is 1.85 bits per heavy atom. The van der Waals surface area contributed by atoms with Crippen molar-refractivity contribution in [1.82, 2.24) is 0 Å². The minimum Gasteiger partial charge on any atom is -0.456 e. The molecule has 1 heterocycles. The minimum atomic E-state index is -0.369. The first-order valence-electron chi connectivity index (χ1n) is 8.44. The third kappa shape index (κ3) is 5.07. The Morgan fingerprint density at radius 3 is 2.54 bits per heavy atom. The number of alkyl halides is 1. The number of benzene rings is 2. The van der Waals surface area contributed by atoms with Gasteiger partial charge in [-0.05, 0) is 36.8 Å². The van der Waals surface area contributed by atoms with E-state index in [2.05, 4.69) is 15.9 Å². The van der Waals surface area contributed by atoms with Gasteiger partial charge in [-0.3, -0.25) is 0 Å². The van der Waals surface area contributed by atoms with Crippen molar-refractivity contribution in [3.63, 3.8) is 0 Å². The zero-order valence-corrected chi connectivity index (χ0v) is 16.7. The van der Waals surface area contributed by atoms with Crippen molar-refractivity contribution in [3.05, 3.63) is 70.7 Å². The van der Waals surface area contributed by atoms with Crippen molar-refractivity contribution in [1.29, 1.82) is 0 Å². The summed E-state index contributed by atoms with van der Waals surface area (Å²) in [5.74, 6) is -0.351. The fourth-order valence-corrected chi connectivity index (χ4v) is 3.59.